The number of carboxylic acids is 1. The number of anilines is 1. The first-order valence-electron chi connectivity index (χ1n) is 7.10. The number of carboxylic acid groups (broad SMARTS) is 1. The standard InChI is InChI=1S/C16H22N2O5/c1-16(2,3)8-13(19)17-9-14(20)18-11-6-5-10(15(21)22)7-12(11)23-4/h5-7H,8-9H2,1-4H3,(H,17,19)(H,18,20)(H,21,22). The predicted molar refractivity (Wildman–Crippen MR) is 85.7 cm³/mol. The monoisotopic (exact) mass is 322 g/mol. The number of amides is 2. The molecule has 3 N–H and O–H groups in total. The summed E-state index contributed by atoms with van der Waals surface area (Å²) in [6.45, 7) is 5.63. The van der Waals surface area contributed by atoms with Gasteiger partial charge in [0.25, 0.3) is 0 Å². The lowest BCUT2D eigenvalue weighted by Gasteiger charge is -2.17. The summed E-state index contributed by atoms with van der Waals surface area (Å²) in [5.41, 5.74) is 0.238. The third kappa shape index (κ3) is 6.37. The van der Waals surface area contributed by atoms with Crippen molar-refractivity contribution in [2.24, 2.45) is 5.41 Å². The van der Waals surface area contributed by atoms with Crippen LogP contribution in [0.1, 0.15) is 37.6 Å². The molecule has 0 atom stereocenters. The molecule has 0 aromatic heterocycles. The van der Waals surface area contributed by atoms with Crippen LogP contribution in [-0.4, -0.2) is 36.5 Å². The van der Waals surface area contributed by atoms with Crippen molar-refractivity contribution in [3.8, 4) is 5.75 Å². The van der Waals surface area contributed by atoms with Crippen molar-refractivity contribution < 1.29 is 24.2 Å². The molecule has 0 spiro atoms. The van der Waals surface area contributed by atoms with Crippen LogP contribution in [0.25, 0.3) is 0 Å². The SMILES string of the molecule is COc1cc(C(=O)O)ccc1NC(=O)CNC(=O)CC(C)(C)C. The van der Waals surface area contributed by atoms with Crippen molar-refractivity contribution in [1.82, 2.24) is 5.32 Å². The van der Waals surface area contributed by atoms with Gasteiger partial charge in [-0.05, 0) is 23.6 Å². The number of aromatic carboxylic acids is 1. The topological polar surface area (TPSA) is 105 Å². The van der Waals surface area contributed by atoms with Crippen LogP contribution in [0.4, 0.5) is 5.69 Å². The largest absolute Gasteiger partial charge is 0.495 e. The molecule has 1 aromatic rings. The van der Waals surface area contributed by atoms with E-state index in [0.717, 1.165) is 0 Å². The van der Waals surface area contributed by atoms with Gasteiger partial charge in [0.1, 0.15) is 5.75 Å². The molecule has 0 bridgehead atoms. The minimum Gasteiger partial charge on any atom is -0.495 e. The van der Waals surface area contributed by atoms with Gasteiger partial charge >= 0.3 is 5.97 Å². The lowest BCUT2D eigenvalue weighted by Crippen LogP contribution is -2.34. The smallest absolute Gasteiger partial charge is 0.335 e. The molecule has 0 fully saturated rings. The van der Waals surface area contributed by atoms with Gasteiger partial charge in [-0.1, -0.05) is 20.8 Å². The molecule has 7 heteroatoms. The average molecular weight is 322 g/mol. The third-order valence-electron chi connectivity index (χ3n) is 2.86. The molecule has 0 aliphatic rings. The molecule has 23 heavy (non-hydrogen) atoms. The van der Waals surface area contributed by atoms with E-state index < -0.39 is 11.9 Å². The number of nitrogens with one attached hydrogen (secondary N) is 2. The van der Waals surface area contributed by atoms with Gasteiger partial charge in [0, 0.05) is 6.42 Å². The molecular weight excluding hydrogens is 300 g/mol. The summed E-state index contributed by atoms with van der Waals surface area (Å²) in [4.78, 5) is 34.5. The molecule has 0 unspecified atom stereocenters. The first kappa shape index (κ1) is 18.5. The zero-order chi connectivity index (χ0) is 17.6. The van der Waals surface area contributed by atoms with Gasteiger partial charge in [0.15, 0.2) is 0 Å². The Hall–Kier alpha value is -2.57. The van der Waals surface area contributed by atoms with Gasteiger partial charge in [-0.15, -0.1) is 0 Å². The van der Waals surface area contributed by atoms with E-state index in [1.54, 1.807) is 0 Å². The second-order valence-electron chi connectivity index (χ2n) is 6.28. The fourth-order valence-electron chi connectivity index (χ4n) is 1.84. The Balaban J connectivity index is 2.64. The highest BCUT2D eigenvalue weighted by atomic mass is 16.5. The number of carbonyl (C=O) groups excluding carboxylic acids is 2. The molecule has 0 aliphatic heterocycles. The van der Waals surface area contributed by atoms with Crippen LogP contribution in [0.5, 0.6) is 5.75 Å². The van der Waals surface area contributed by atoms with E-state index >= 15 is 0 Å². The molecule has 0 radical (unpaired) electrons. The summed E-state index contributed by atoms with van der Waals surface area (Å²) in [7, 11) is 1.38. The summed E-state index contributed by atoms with van der Waals surface area (Å²) in [5.74, 6) is -1.48. The first-order chi connectivity index (χ1) is 10.6. The zero-order valence-corrected chi connectivity index (χ0v) is 13.7. The summed E-state index contributed by atoms with van der Waals surface area (Å²) < 4.78 is 5.06. The van der Waals surface area contributed by atoms with Crippen LogP contribution in [0.3, 0.4) is 0 Å². The van der Waals surface area contributed by atoms with E-state index in [1.807, 2.05) is 20.8 Å². The maximum atomic E-state index is 11.9. The van der Waals surface area contributed by atoms with Crippen LogP contribution in [0.2, 0.25) is 0 Å². The van der Waals surface area contributed by atoms with Crippen molar-refractivity contribution >= 4 is 23.5 Å². The lowest BCUT2D eigenvalue weighted by molar-refractivity contribution is -0.125. The molecule has 7 nitrogen and oxygen atoms in total. The molecule has 0 heterocycles. The highest BCUT2D eigenvalue weighted by Gasteiger charge is 2.17. The Kier molecular flexibility index (Phi) is 6.12. The maximum absolute atomic E-state index is 11.9. The molecule has 0 saturated heterocycles. The van der Waals surface area contributed by atoms with E-state index in [2.05, 4.69) is 10.6 Å². The van der Waals surface area contributed by atoms with Gasteiger partial charge in [-0.2, -0.15) is 0 Å². The normalized spacial score (nSPS) is 10.8. The second kappa shape index (κ2) is 7.62. The van der Waals surface area contributed by atoms with Gasteiger partial charge in [-0.25, -0.2) is 4.79 Å². The predicted octanol–water partition coefficient (Wildman–Crippen LogP) is 1.88. The number of carbonyl (C=O) groups is 3. The Bertz CT molecular complexity index is 605. The molecule has 1 rings (SSSR count). The van der Waals surface area contributed by atoms with Crippen molar-refractivity contribution in [2.45, 2.75) is 27.2 Å². The molecular formula is C16H22N2O5. The van der Waals surface area contributed by atoms with Gasteiger partial charge < -0.3 is 20.5 Å². The summed E-state index contributed by atoms with van der Waals surface area (Å²) in [6, 6.07) is 4.12. The summed E-state index contributed by atoms with van der Waals surface area (Å²) in [5, 5.41) is 14.0. The van der Waals surface area contributed by atoms with E-state index in [0.29, 0.717) is 12.1 Å². The fraction of sp³-hybridized carbons (Fsp3) is 0.438. The molecule has 126 valence electrons. The Labute approximate surface area is 135 Å². The quantitative estimate of drug-likeness (QED) is 0.742. The van der Waals surface area contributed by atoms with Crippen molar-refractivity contribution in [2.75, 3.05) is 19.0 Å². The molecule has 1 aromatic carbocycles. The maximum Gasteiger partial charge on any atom is 0.335 e. The Morgan fingerprint density at radius 3 is 2.35 bits per heavy atom. The Morgan fingerprint density at radius 1 is 1.17 bits per heavy atom. The van der Waals surface area contributed by atoms with E-state index in [4.69, 9.17) is 9.84 Å². The zero-order valence-electron chi connectivity index (χ0n) is 13.7. The minimum atomic E-state index is -1.09. The van der Waals surface area contributed by atoms with Crippen LogP contribution in [-0.2, 0) is 9.59 Å². The van der Waals surface area contributed by atoms with E-state index in [9.17, 15) is 14.4 Å². The molecule has 0 aliphatic carbocycles. The average Bonchev–Trinajstić information content (AvgIpc) is 2.43. The van der Waals surface area contributed by atoms with Crippen molar-refractivity contribution in [3.63, 3.8) is 0 Å². The van der Waals surface area contributed by atoms with Crippen molar-refractivity contribution in [1.29, 1.82) is 0 Å². The number of benzene rings is 1. The number of rotatable bonds is 6. The number of hydrogen-bond donors (Lipinski definition) is 3. The molecule has 0 saturated carbocycles. The fourth-order valence-corrected chi connectivity index (χ4v) is 1.84. The van der Waals surface area contributed by atoms with Gasteiger partial charge in [0.05, 0.1) is 24.9 Å². The summed E-state index contributed by atoms with van der Waals surface area (Å²) >= 11 is 0. The number of methoxy groups -OCH3 is 1. The van der Waals surface area contributed by atoms with Gasteiger partial charge in [-0.3, -0.25) is 9.59 Å². The van der Waals surface area contributed by atoms with E-state index in [-0.39, 0.29) is 29.2 Å². The summed E-state index contributed by atoms with van der Waals surface area (Å²) in [6.07, 6.45) is 0.316. The van der Waals surface area contributed by atoms with Crippen molar-refractivity contribution in [3.05, 3.63) is 23.8 Å². The van der Waals surface area contributed by atoms with Crippen LogP contribution in [0.15, 0.2) is 18.2 Å². The Morgan fingerprint density at radius 2 is 1.83 bits per heavy atom. The van der Waals surface area contributed by atoms with E-state index in [1.165, 1.54) is 25.3 Å². The van der Waals surface area contributed by atoms with Gasteiger partial charge in [0.2, 0.25) is 11.8 Å². The second-order valence-corrected chi connectivity index (χ2v) is 6.28. The van der Waals surface area contributed by atoms with Crippen LogP contribution in [0, 0.1) is 5.41 Å². The third-order valence-corrected chi connectivity index (χ3v) is 2.86. The number of hydrogen-bond acceptors (Lipinski definition) is 4. The van der Waals surface area contributed by atoms with Crippen LogP contribution < -0.4 is 15.4 Å². The minimum absolute atomic E-state index is 0.0540. The first-order valence-corrected chi connectivity index (χ1v) is 7.10. The van der Waals surface area contributed by atoms with Crippen LogP contribution >= 0.6 is 0 Å². The molecule has 2 amide bonds. The number of ether oxygens (including phenoxy) is 1. The highest BCUT2D eigenvalue weighted by Crippen LogP contribution is 2.25. The highest BCUT2D eigenvalue weighted by molar-refractivity contribution is 5.97. The lowest BCUT2D eigenvalue weighted by atomic mass is 9.92.